The topological polar surface area (TPSA) is 62.2 Å². The van der Waals surface area contributed by atoms with Crippen LogP contribution in [0.5, 0.6) is 0 Å². The summed E-state index contributed by atoms with van der Waals surface area (Å²) in [7, 11) is 2.03. The fraction of sp³-hybridized carbons (Fsp3) is 0.292. The Morgan fingerprint density at radius 3 is 2.74 bits per heavy atom. The highest BCUT2D eigenvalue weighted by molar-refractivity contribution is 7.80. The van der Waals surface area contributed by atoms with Crippen LogP contribution in [0, 0.1) is 13.8 Å². The number of pyridine rings is 1. The summed E-state index contributed by atoms with van der Waals surface area (Å²) in [6.45, 7) is 4.53. The van der Waals surface area contributed by atoms with Crippen LogP contribution in [0.1, 0.15) is 41.0 Å². The molecular weight excluding hydrogens is 406 g/mol. The van der Waals surface area contributed by atoms with E-state index < -0.39 is 0 Å². The van der Waals surface area contributed by atoms with E-state index in [0.29, 0.717) is 18.1 Å². The Morgan fingerprint density at radius 2 is 2.03 bits per heavy atom. The molecule has 31 heavy (non-hydrogen) atoms. The number of anilines is 1. The number of hydrogen-bond acceptors (Lipinski definition) is 3. The van der Waals surface area contributed by atoms with Gasteiger partial charge >= 0.3 is 0 Å². The first-order valence-corrected chi connectivity index (χ1v) is 10.8. The summed E-state index contributed by atoms with van der Waals surface area (Å²) in [5.74, 6) is -0.0246. The molecule has 1 saturated heterocycles. The van der Waals surface area contributed by atoms with Gasteiger partial charge in [-0.05, 0) is 67.5 Å². The molecule has 1 amide bonds. The minimum atomic E-state index is -0.0793. The van der Waals surface area contributed by atoms with Gasteiger partial charge in [0.2, 0.25) is 5.91 Å². The van der Waals surface area contributed by atoms with Gasteiger partial charge in [-0.25, -0.2) is 0 Å². The smallest absolute Gasteiger partial charge is 0.226 e. The molecule has 6 nitrogen and oxygen atoms in total. The van der Waals surface area contributed by atoms with E-state index in [1.165, 1.54) is 0 Å². The molecule has 0 unspecified atom stereocenters. The van der Waals surface area contributed by atoms with Crippen LogP contribution in [0.25, 0.3) is 0 Å². The van der Waals surface area contributed by atoms with Crippen molar-refractivity contribution in [1.82, 2.24) is 19.8 Å². The predicted octanol–water partition coefficient (Wildman–Crippen LogP) is 4.04. The Hall–Kier alpha value is -3.19. The van der Waals surface area contributed by atoms with Crippen LogP contribution in [-0.2, 0) is 11.8 Å². The first kappa shape index (κ1) is 21.1. The minimum Gasteiger partial charge on any atom is -0.353 e. The van der Waals surface area contributed by atoms with Crippen LogP contribution in [0.2, 0.25) is 0 Å². The molecule has 0 saturated carbocycles. The second kappa shape index (κ2) is 8.89. The largest absolute Gasteiger partial charge is 0.353 e. The van der Waals surface area contributed by atoms with E-state index in [9.17, 15) is 4.79 Å². The van der Waals surface area contributed by atoms with Crippen molar-refractivity contribution in [2.45, 2.75) is 32.4 Å². The number of rotatable bonds is 6. The molecule has 2 N–H and O–H groups in total. The fourth-order valence-corrected chi connectivity index (χ4v) is 4.39. The van der Waals surface area contributed by atoms with Gasteiger partial charge in [0.1, 0.15) is 0 Å². The number of aromatic nitrogens is 2. The molecular formula is C24H27N5OS. The van der Waals surface area contributed by atoms with Crippen LogP contribution in [-0.4, -0.2) is 32.0 Å². The van der Waals surface area contributed by atoms with E-state index in [-0.39, 0.29) is 18.0 Å². The molecule has 0 bridgehead atoms. The molecule has 2 aromatic heterocycles. The molecule has 0 spiro atoms. The van der Waals surface area contributed by atoms with Crippen LogP contribution in [0.4, 0.5) is 5.69 Å². The van der Waals surface area contributed by atoms with E-state index >= 15 is 0 Å². The third kappa shape index (κ3) is 4.46. The molecule has 1 aromatic carbocycles. The maximum atomic E-state index is 12.7. The van der Waals surface area contributed by atoms with Crippen molar-refractivity contribution in [2.24, 2.45) is 7.05 Å². The summed E-state index contributed by atoms with van der Waals surface area (Å²) in [6.07, 6.45) is 4.16. The molecule has 1 fully saturated rings. The SMILES string of the molecule is Cc1ccc(C)c(NC(=O)CCN2C(=S)N[C@@H](c3ccccn3)[C@H]2c2cccn2C)c1. The van der Waals surface area contributed by atoms with E-state index in [1.807, 2.05) is 69.6 Å². The Bertz CT molecular complexity index is 1090. The number of nitrogens with zero attached hydrogens (tertiary/aromatic N) is 3. The zero-order valence-electron chi connectivity index (χ0n) is 18.0. The Morgan fingerprint density at radius 1 is 1.19 bits per heavy atom. The Kier molecular flexibility index (Phi) is 6.04. The van der Waals surface area contributed by atoms with Crippen molar-refractivity contribution in [1.29, 1.82) is 0 Å². The summed E-state index contributed by atoms with van der Waals surface area (Å²) in [5, 5.41) is 7.11. The Balaban J connectivity index is 1.53. The molecule has 7 heteroatoms. The average Bonchev–Trinajstić information content (AvgIpc) is 3.32. The summed E-state index contributed by atoms with van der Waals surface area (Å²) < 4.78 is 2.10. The van der Waals surface area contributed by atoms with E-state index in [4.69, 9.17) is 12.2 Å². The summed E-state index contributed by atoms with van der Waals surface area (Å²) in [4.78, 5) is 19.4. The lowest BCUT2D eigenvalue weighted by molar-refractivity contribution is -0.116. The molecule has 3 heterocycles. The quantitative estimate of drug-likeness (QED) is 0.575. The van der Waals surface area contributed by atoms with Crippen molar-refractivity contribution in [3.8, 4) is 0 Å². The molecule has 1 aliphatic rings. The summed E-state index contributed by atoms with van der Waals surface area (Å²) in [6, 6.07) is 16.0. The number of thiocarbonyl (C=S) groups is 1. The molecule has 2 atom stereocenters. The number of aryl methyl sites for hydroxylation is 3. The van der Waals surface area contributed by atoms with Gasteiger partial charge in [0.05, 0.1) is 17.8 Å². The van der Waals surface area contributed by atoms with Gasteiger partial charge in [-0.1, -0.05) is 18.2 Å². The van der Waals surface area contributed by atoms with Gasteiger partial charge in [-0.15, -0.1) is 0 Å². The zero-order chi connectivity index (χ0) is 22.0. The first-order chi connectivity index (χ1) is 14.9. The van der Waals surface area contributed by atoms with E-state index in [0.717, 1.165) is 28.2 Å². The second-order valence-corrected chi connectivity index (χ2v) is 8.37. The minimum absolute atomic E-state index is 0.0246. The molecule has 0 radical (unpaired) electrons. The van der Waals surface area contributed by atoms with E-state index in [1.54, 1.807) is 6.20 Å². The van der Waals surface area contributed by atoms with Crippen molar-refractivity contribution in [3.63, 3.8) is 0 Å². The standard InChI is InChI=1S/C24H27N5OS/c1-16-9-10-17(2)19(15-16)26-21(30)11-14-29-23(20-8-6-13-28(20)3)22(27-24(29)31)18-7-4-5-12-25-18/h4-10,12-13,15,22-23H,11,14H2,1-3H3,(H,26,30)(H,27,31)/t22-,23+/m0/s1. The lowest BCUT2D eigenvalue weighted by Gasteiger charge is -2.28. The fourth-order valence-electron chi connectivity index (χ4n) is 4.05. The highest BCUT2D eigenvalue weighted by Crippen LogP contribution is 2.38. The van der Waals surface area contributed by atoms with Gasteiger partial charge in [-0.3, -0.25) is 9.78 Å². The maximum Gasteiger partial charge on any atom is 0.226 e. The lowest BCUT2D eigenvalue weighted by Crippen LogP contribution is -2.33. The van der Waals surface area contributed by atoms with Crippen molar-refractivity contribution >= 4 is 28.9 Å². The molecule has 1 aliphatic heterocycles. The summed E-state index contributed by atoms with van der Waals surface area (Å²) >= 11 is 5.68. The molecule has 3 aromatic rings. The molecule has 4 rings (SSSR count). The van der Waals surface area contributed by atoms with E-state index in [2.05, 4.69) is 31.2 Å². The number of carbonyl (C=O) groups is 1. The maximum absolute atomic E-state index is 12.7. The van der Waals surface area contributed by atoms with Crippen molar-refractivity contribution < 1.29 is 4.79 Å². The predicted molar refractivity (Wildman–Crippen MR) is 127 cm³/mol. The lowest BCUT2D eigenvalue weighted by atomic mass is 10.0. The van der Waals surface area contributed by atoms with Gasteiger partial charge in [-0.2, -0.15) is 0 Å². The first-order valence-electron chi connectivity index (χ1n) is 10.4. The van der Waals surface area contributed by atoms with Crippen LogP contribution in [0.3, 0.4) is 0 Å². The number of hydrogen-bond donors (Lipinski definition) is 2. The third-order valence-corrected chi connectivity index (χ3v) is 6.08. The van der Waals surface area contributed by atoms with Gasteiger partial charge < -0.3 is 20.1 Å². The van der Waals surface area contributed by atoms with Crippen molar-refractivity contribution in [2.75, 3.05) is 11.9 Å². The van der Waals surface area contributed by atoms with Gasteiger partial charge in [0, 0.05) is 43.8 Å². The average molecular weight is 434 g/mol. The monoisotopic (exact) mass is 433 g/mol. The Labute approximate surface area is 188 Å². The highest BCUT2D eigenvalue weighted by atomic mass is 32.1. The van der Waals surface area contributed by atoms with Crippen molar-refractivity contribution in [3.05, 3.63) is 83.4 Å². The van der Waals surface area contributed by atoms with Crippen LogP contribution < -0.4 is 10.6 Å². The molecule has 160 valence electrons. The van der Waals surface area contributed by atoms with Crippen LogP contribution >= 0.6 is 12.2 Å². The van der Waals surface area contributed by atoms with Crippen LogP contribution in [0.15, 0.2) is 60.9 Å². The number of nitrogens with one attached hydrogen (secondary N) is 2. The van der Waals surface area contributed by atoms with Gasteiger partial charge in [0.15, 0.2) is 5.11 Å². The zero-order valence-corrected chi connectivity index (χ0v) is 18.8. The normalized spacial score (nSPS) is 18.2. The van der Waals surface area contributed by atoms with Gasteiger partial charge in [0.25, 0.3) is 0 Å². The number of benzene rings is 1. The summed E-state index contributed by atoms with van der Waals surface area (Å²) in [5.41, 5.74) is 5.08. The second-order valence-electron chi connectivity index (χ2n) is 7.98. The third-order valence-electron chi connectivity index (χ3n) is 5.73. The number of amides is 1. The molecule has 0 aliphatic carbocycles. The number of carbonyl (C=O) groups excluding carboxylic acids is 1. The highest BCUT2D eigenvalue weighted by Gasteiger charge is 2.40.